The Kier molecular flexibility index (Phi) is 4.06. The highest BCUT2D eigenvalue weighted by molar-refractivity contribution is 7.80. The van der Waals surface area contributed by atoms with Crippen LogP contribution in [0.25, 0.3) is 0 Å². The van der Waals surface area contributed by atoms with Crippen LogP contribution < -0.4 is 0 Å². The molecule has 1 aliphatic heterocycles. The van der Waals surface area contributed by atoms with Crippen molar-refractivity contribution in [1.82, 2.24) is 0 Å². The van der Waals surface area contributed by atoms with Crippen molar-refractivity contribution in [3.63, 3.8) is 0 Å². The lowest BCUT2D eigenvalue weighted by Gasteiger charge is -2.10. The molecule has 0 amide bonds. The molecule has 0 spiro atoms. The summed E-state index contributed by atoms with van der Waals surface area (Å²) in [5.41, 5.74) is 1.17. The standard InChI is InChI=1S/C12H16O2S/c15-12-5-1-3-10(7-12)8-13-9-11-4-2-6-14-11/h1,3,5,7,11,15H,2,4,6,8-9H2. The molecule has 15 heavy (non-hydrogen) atoms. The molecule has 1 aromatic carbocycles. The molecule has 1 atom stereocenters. The van der Waals surface area contributed by atoms with Gasteiger partial charge in [-0.3, -0.25) is 0 Å². The van der Waals surface area contributed by atoms with Gasteiger partial charge >= 0.3 is 0 Å². The third kappa shape index (κ3) is 3.52. The van der Waals surface area contributed by atoms with Crippen molar-refractivity contribution in [2.24, 2.45) is 0 Å². The van der Waals surface area contributed by atoms with Gasteiger partial charge in [0.1, 0.15) is 0 Å². The maximum absolute atomic E-state index is 5.60. The van der Waals surface area contributed by atoms with Crippen LogP contribution in [0.3, 0.4) is 0 Å². The fourth-order valence-corrected chi connectivity index (χ4v) is 1.98. The molecule has 0 N–H and O–H groups in total. The smallest absolute Gasteiger partial charge is 0.0809 e. The van der Waals surface area contributed by atoms with E-state index in [1.54, 1.807) is 0 Å². The second-order valence-electron chi connectivity index (χ2n) is 3.82. The first-order valence-electron chi connectivity index (χ1n) is 5.32. The Hall–Kier alpha value is -0.510. The van der Waals surface area contributed by atoms with E-state index in [1.807, 2.05) is 18.2 Å². The summed E-state index contributed by atoms with van der Waals surface area (Å²) in [5.74, 6) is 0. The zero-order valence-corrected chi connectivity index (χ0v) is 9.58. The molecule has 1 unspecified atom stereocenters. The molecule has 1 aromatic rings. The van der Waals surface area contributed by atoms with E-state index < -0.39 is 0 Å². The van der Waals surface area contributed by atoms with Gasteiger partial charge in [0.15, 0.2) is 0 Å². The minimum Gasteiger partial charge on any atom is -0.376 e. The van der Waals surface area contributed by atoms with Crippen LogP contribution in [0.15, 0.2) is 29.2 Å². The average molecular weight is 224 g/mol. The maximum Gasteiger partial charge on any atom is 0.0809 e. The topological polar surface area (TPSA) is 18.5 Å². The molecule has 0 saturated carbocycles. The van der Waals surface area contributed by atoms with Crippen molar-refractivity contribution in [1.29, 1.82) is 0 Å². The Balaban J connectivity index is 1.73. The molecule has 3 heteroatoms. The highest BCUT2D eigenvalue weighted by Crippen LogP contribution is 2.14. The summed E-state index contributed by atoms with van der Waals surface area (Å²) in [5, 5.41) is 0. The summed E-state index contributed by atoms with van der Waals surface area (Å²) >= 11 is 4.28. The maximum atomic E-state index is 5.60. The molecule has 1 aliphatic rings. The molecule has 1 heterocycles. The van der Waals surface area contributed by atoms with Crippen LogP contribution in [-0.2, 0) is 16.1 Å². The average Bonchev–Trinajstić information content (AvgIpc) is 2.71. The molecule has 2 nitrogen and oxygen atoms in total. The van der Waals surface area contributed by atoms with Gasteiger partial charge in [-0.2, -0.15) is 0 Å². The fraction of sp³-hybridized carbons (Fsp3) is 0.500. The Labute approximate surface area is 96.0 Å². The third-order valence-electron chi connectivity index (χ3n) is 2.51. The second-order valence-corrected chi connectivity index (χ2v) is 4.34. The number of benzene rings is 1. The van der Waals surface area contributed by atoms with Crippen molar-refractivity contribution in [2.75, 3.05) is 13.2 Å². The van der Waals surface area contributed by atoms with Gasteiger partial charge in [-0.05, 0) is 30.5 Å². The minimum absolute atomic E-state index is 0.309. The summed E-state index contributed by atoms with van der Waals surface area (Å²) in [6.45, 7) is 2.24. The monoisotopic (exact) mass is 224 g/mol. The quantitative estimate of drug-likeness (QED) is 0.793. The normalized spacial score (nSPS) is 20.7. The first kappa shape index (κ1) is 11.0. The number of rotatable bonds is 4. The summed E-state index contributed by atoms with van der Waals surface area (Å²) in [4.78, 5) is 0.980. The van der Waals surface area contributed by atoms with Gasteiger partial charge in [-0.25, -0.2) is 0 Å². The molecule has 82 valence electrons. The summed E-state index contributed by atoms with van der Waals surface area (Å²) in [7, 11) is 0. The fourth-order valence-electron chi connectivity index (χ4n) is 1.73. The van der Waals surface area contributed by atoms with E-state index in [1.165, 1.54) is 12.0 Å². The first-order chi connectivity index (χ1) is 7.34. The lowest BCUT2D eigenvalue weighted by atomic mass is 10.2. The zero-order valence-electron chi connectivity index (χ0n) is 8.69. The van der Waals surface area contributed by atoms with Crippen molar-refractivity contribution in [2.45, 2.75) is 30.4 Å². The van der Waals surface area contributed by atoms with Crippen LogP contribution in [-0.4, -0.2) is 19.3 Å². The molecule has 1 saturated heterocycles. The number of ether oxygens (including phenoxy) is 2. The van der Waals surface area contributed by atoms with Gasteiger partial charge in [0.05, 0.1) is 19.3 Å². The van der Waals surface area contributed by atoms with Crippen molar-refractivity contribution in [3.05, 3.63) is 29.8 Å². The van der Waals surface area contributed by atoms with E-state index in [9.17, 15) is 0 Å². The zero-order chi connectivity index (χ0) is 10.5. The third-order valence-corrected chi connectivity index (χ3v) is 2.79. The van der Waals surface area contributed by atoms with Gasteiger partial charge in [0.25, 0.3) is 0 Å². The van der Waals surface area contributed by atoms with Gasteiger partial charge in [0, 0.05) is 11.5 Å². The van der Waals surface area contributed by atoms with Gasteiger partial charge in [0.2, 0.25) is 0 Å². The summed E-state index contributed by atoms with van der Waals surface area (Å²) in [6, 6.07) is 8.04. The van der Waals surface area contributed by atoms with Crippen molar-refractivity contribution in [3.8, 4) is 0 Å². The van der Waals surface area contributed by atoms with E-state index in [0.29, 0.717) is 19.3 Å². The predicted octanol–water partition coefficient (Wildman–Crippen LogP) is 2.67. The Morgan fingerprint density at radius 2 is 2.40 bits per heavy atom. The molecule has 2 rings (SSSR count). The molecular weight excluding hydrogens is 208 g/mol. The molecule has 0 aliphatic carbocycles. The van der Waals surface area contributed by atoms with Crippen molar-refractivity contribution >= 4 is 12.6 Å². The predicted molar refractivity (Wildman–Crippen MR) is 62.3 cm³/mol. The van der Waals surface area contributed by atoms with Crippen LogP contribution in [0.1, 0.15) is 18.4 Å². The number of hydrogen-bond donors (Lipinski definition) is 1. The lowest BCUT2D eigenvalue weighted by molar-refractivity contribution is 0.0105. The van der Waals surface area contributed by atoms with Crippen LogP contribution in [0, 0.1) is 0 Å². The molecular formula is C12H16O2S. The molecule has 0 bridgehead atoms. The van der Waals surface area contributed by atoms with Crippen LogP contribution in [0.5, 0.6) is 0 Å². The minimum atomic E-state index is 0.309. The van der Waals surface area contributed by atoms with Crippen LogP contribution >= 0.6 is 12.6 Å². The van der Waals surface area contributed by atoms with E-state index in [4.69, 9.17) is 9.47 Å². The number of hydrogen-bond acceptors (Lipinski definition) is 3. The molecule has 1 fully saturated rings. The van der Waals surface area contributed by atoms with E-state index in [2.05, 4.69) is 18.7 Å². The highest BCUT2D eigenvalue weighted by atomic mass is 32.1. The van der Waals surface area contributed by atoms with Gasteiger partial charge in [-0.1, -0.05) is 12.1 Å². The van der Waals surface area contributed by atoms with Gasteiger partial charge < -0.3 is 9.47 Å². The van der Waals surface area contributed by atoms with Crippen molar-refractivity contribution < 1.29 is 9.47 Å². The van der Waals surface area contributed by atoms with Gasteiger partial charge in [-0.15, -0.1) is 12.6 Å². The van der Waals surface area contributed by atoms with E-state index in [-0.39, 0.29) is 0 Å². The Bertz CT molecular complexity index is 308. The lowest BCUT2D eigenvalue weighted by Crippen LogP contribution is -2.13. The summed E-state index contributed by atoms with van der Waals surface area (Å²) < 4.78 is 11.1. The summed E-state index contributed by atoms with van der Waals surface area (Å²) in [6.07, 6.45) is 2.61. The van der Waals surface area contributed by atoms with Crippen LogP contribution in [0.4, 0.5) is 0 Å². The van der Waals surface area contributed by atoms with E-state index in [0.717, 1.165) is 17.9 Å². The second kappa shape index (κ2) is 5.54. The first-order valence-corrected chi connectivity index (χ1v) is 5.76. The highest BCUT2D eigenvalue weighted by Gasteiger charge is 2.14. The molecule has 0 radical (unpaired) electrons. The van der Waals surface area contributed by atoms with Crippen LogP contribution in [0.2, 0.25) is 0 Å². The SMILES string of the molecule is Sc1cccc(COCC2CCCO2)c1. The number of thiol groups is 1. The largest absolute Gasteiger partial charge is 0.376 e. The molecule has 0 aromatic heterocycles. The van der Waals surface area contributed by atoms with E-state index >= 15 is 0 Å². The Morgan fingerprint density at radius 3 is 3.13 bits per heavy atom. The Morgan fingerprint density at radius 1 is 1.47 bits per heavy atom.